The van der Waals surface area contributed by atoms with E-state index in [0.29, 0.717) is 5.69 Å². The molecule has 0 radical (unpaired) electrons. The van der Waals surface area contributed by atoms with Gasteiger partial charge in [-0.05, 0) is 19.1 Å². The van der Waals surface area contributed by atoms with Gasteiger partial charge in [-0.2, -0.15) is 5.10 Å². The highest BCUT2D eigenvalue weighted by molar-refractivity contribution is 5.76. The molecule has 0 amide bonds. The number of H-pyrrole nitrogens is 1. The van der Waals surface area contributed by atoms with E-state index in [9.17, 15) is 5.11 Å². The fourth-order valence-electron chi connectivity index (χ4n) is 1.16. The van der Waals surface area contributed by atoms with Crippen molar-refractivity contribution in [1.82, 2.24) is 15.2 Å². The molecular formula is C8H9N3O. The number of nitrogens with zero attached hydrogens (tertiary/aromatic N) is 2. The Labute approximate surface area is 69.3 Å². The summed E-state index contributed by atoms with van der Waals surface area (Å²) in [5, 5.41) is 16.0. The van der Waals surface area contributed by atoms with Crippen molar-refractivity contribution < 1.29 is 5.11 Å². The molecule has 0 aliphatic heterocycles. The van der Waals surface area contributed by atoms with Gasteiger partial charge in [0.15, 0.2) is 0 Å². The molecule has 4 nitrogen and oxygen atoms in total. The molecule has 12 heavy (non-hydrogen) atoms. The van der Waals surface area contributed by atoms with Crippen LogP contribution >= 0.6 is 0 Å². The van der Waals surface area contributed by atoms with E-state index in [-0.39, 0.29) is 0 Å². The summed E-state index contributed by atoms with van der Waals surface area (Å²) in [5.74, 6) is 0. The topological polar surface area (TPSA) is 61.8 Å². The molecule has 0 aliphatic rings. The third-order valence-corrected chi connectivity index (χ3v) is 1.76. The van der Waals surface area contributed by atoms with Crippen LogP contribution in [0.3, 0.4) is 0 Å². The van der Waals surface area contributed by atoms with Gasteiger partial charge in [-0.25, -0.2) is 0 Å². The minimum Gasteiger partial charge on any atom is -0.387 e. The Kier molecular flexibility index (Phi) is 1.55. The predicted octanol–water partition coefficient (Wildman–Crippen LogP) is 1.01. The van der Waals surface area contributed by atoms with Gasteiger partial charge in [0.25, 0.3) is 0 Å². The molecule has 0 aliphatic carbocycles. The van der Waals surface area contributed by atoms with E-state index in [2.05, 4.69) is 15.2 Å². The highest BCUT2D eigenvalue weighted by atomic mass is 16.3. The lowest BCUT2D eigenvalue weighted by Gasteiger charge is -1.98. The lowest BCUT2D eigenvalue weighted by Crippen LogP contribution is -1.92. The Morgan fingerprint density at radius 3 is 3.17 bits per heavy atom. The number of rotatable bonds is 1. The zero-order valence-corrected chi connectivity index (χ0v) is 6.65. The van der Waals surface area contributed by atoms with Crippen LogP contribution in [0.1, 0.15) is 18.7 Å². The minimum absolute atomic E-state index is 0.551. The first kappa shape index (κ1) is 7.24. The Morgan fingerprint density at radius 1 is 1.58 bits per heavy atom. The Balaban J connectivity index is 2.70. The Hall–Kier alpha value is -1.42. The van der Waals surface area contributed by atoms with Crippen molar-refractivity contribution in [3.63, 3.8) is 0 Å². The lowest BCUT2D eigenvalue weighted by atomic mass is 10.2. The molecule has 62 valence electrons. The van der Waals surface area contributed by atoms with Crippen LogP contribution in [0.4, 0.5) is 0 Å². The third-order valence-electron chi connectivity index (χ3n) is 1.76. The lowest BCUT2D eigenvalue weighted by molar-refractivity contribution is 0.195. The Bertz CT molecular complexity index is 394. The van der Waals surface area contributed by atoms with E-state index in [1.54, 1.807) is 13.1 Å². The van der Waals surface area contributed by atoms with E-state index in [1.165, 1.54) is 0 Å². The first-order chi connectivity index (χ1) is 5.79. The molecule has 0 fully saturated rings. The van der Waals surface area contributed by atoms with Crippen molar-refractivity contribution in [2.24, 2.45) is 0 Å². The zero-order valence-electron chi connectivity index (χ0n) is 6.65. The molecule has 0 saturated carbocycles. The van der Waals surface area contributed by atoms with Gasteiger partial charge in [-0.1, -0.05) is 0 Å². The molecule has 1 unspecified atom stereocenters. The number of nitrogens with one attached hydrogen (secondary N) is 1. The number of aliphatic hydroxyl groups excluding tert-OH is 1. The monoisotopic (exact) mass is 163 g/mol. The average Bonchev–Trinajstić information content (AvgIpc) is 2.47. The predicted molar refractivity (Wildman–Crippen MR) is 44.5 cm³/mol. The van der Waals surface area contributed by atoms with Crippen LogP contribution in [-0.4, -0.2) is 20.3 Å². The number of hydrogen-bond donors (Lipinski definition) is 2. The van der Waals surface area contributed by atoms with Crippen molar-refractivity contribution in [2.45, 2.75) is 13.0 Å². The second-order valence-corrected chi connectivity index (χ2v) is 2.68. The highest BCUT2D eigenvalue weighted by Crippen LogP contribution is 2.17. The molecule has 1 atom stereocenters. The van der Waals surface area contributed by atoms with Crippen molar-refractivity contribution in [2.75, 3.05) is 0 Å². The van der Waals surface area contributed by atoms with Crippen LogP contribution in [0.15, 0.2) is 18.3 Å². The zero-order chi connectivity index (χ0) is 8.55. The normalized spacial score (nSPS) is 13.5. The summed E-state index contributed by atoms with van der Waals surface area (Å²) in [5.41, 5.74) is 2.20. The molecule has 0 saturated heterocycles. The number of aromatic amines is 1. The van der Waals surface area contributed by atoms with E-state index in [4.69, 9.17) is 0 Å². The third kappa shape index (κ3) is 0.967. The summed E-state index contributed by atoms with van der Waals surface area (Å²) >= 11 is 0. The average molecular weight is 163 g/mol. The summed E-state index contributed by atoms with van der Waals surface area (Å²) < 4.78 is 0. The highest BCUT2D eigenvalue weighted by Gasteiger charge is 2.09. The number of aromatic nitrogens is 3. The van der Waals surface area contributed by atoms with Gasteiger partial charge in [0.2, 0.25) is 0 Å². The van der Waals surface area contributed by atoms with Crippen LogP contribution in [0, 0.1) is 0 Å². The molecule has 4 heteroatoms. The first-order valence-corrected chi connectivity index (χ1v) is 3.76. The molecule has 2 heterocycles. The van der Waals surface area contributed by atoms with Crippen molar-refractivity contribution in [3.8, 4) is 0 Å². The SMILES string of the molecule is CC(O)c1[nH]nc2cccnc12. The largest absolute Gasteiger partial charge is 0.387 e. The maximum Gasteiger partial charge on any atom is 0.114 e. The van der Waals surface area contributed by atoms with Crippen LogP contribution < -0.4 is 0 Å². The Morgan fingerprint density at radius 2 is 2.42 bits per heavy atom. The number of hydrogen-bond acceptors (Lipinski definition) is 3. The quantitative estimate of drug-likeness (QED) is 0.659. The van der Waals surface area contributed by atoms with E-state index in [1.807, 2.05) is 12.1 Å². The summed E-state index contributed by atoms with van der Waals surface area (Å²) in [6.07, 6.45) is 1.13. The van der Waals surface area contributed by atoms with Gasteiger partial charge < -0.3 is 5.11 Å². The molecule has 2 rings (SSSR count). The maximum atomic E-state index is 9.30. The first-order valence-electron chi connectivity index (χ1n) is 3.76. The smallest absolute Gasteiger partial charge is 0.114 e. The second kappa shape index (κ2) is 2.57. The maximum absolute atomic E-state index is 9.30. The molecule has 0 bridgehead atoms. The van der Waals surface area contributed by atoms with E-state index < -0.39 is 6.10 Å². The van der Waals surface area contributed by atoms with E-state index in [0.717, 1.165) is 11.0 Å². The van der Waals surface area contributed by atoms with Gasteiger partial charge in [0.1, 0.15) is 11.0 Å². The fourth-order valence-corrected chi connectivity index (χ4v) is 1.16. The van der Waals surface area contributed by atoms with Gasteiger partial charge in [0, 0.05) is 6.20 Å². The van der Waals surface area contributed by atoms with Crippen molar-refractivity contribution >= 4 is 11.0 Å². The molecule has 0 aromatic carbocycles. The van der Waals surface area contributed by atoms with Gasteiger partial charge in [-0.15, -0.1) is 0 Å². The molecule has 0 spiro atoms. The summed E-state index contributed by atoms with van der Waals surface area (Å²) in [4.78, 5) is 4.11. The van der Waals surface area contributed by atoms with Crippen LogP contribution in [0.2, 0.25) is 0 Å². The minimum atomic E-state index is -0.551. The van der Waals surface area contributed by atoms with E-state index >= 15 is 0 Å². The number of aliphatic hydroxyl groups is 1. The molecule has 2 N–H and O–H groups in total. The van der Waals surface area contributed by atoms with Gasteiger partial charge in [0.05, 0.1) is 11.8 Å². The number of pyridine rings is 1. The molecule has 2 aromatic rings. The standard InChI is InChI=1S/C8H9N3O/c1-5(12)7-8-6(10-11-7)3-2-4-9-8/h2-5,12H,1H3,(H,10,11). The van der Waals surface area contributed by atoms with Crippen LogP contribution in [0.5, 0.6) is 0 Å². The molecule has 2 aromatic heterocycles. The molecular weight excluding hydrogens is 154 g/mol. The second-order valence-electron chi connectivity index (χ2n) is 2.68. The summed E-state index contributed by atoms with van der Waals surface area (Å²) in [7, 11) is 0. The van der Waals surface area contributed by atoms with Gasteiger partial charge >= 0.3 is 0 Å². The van der Waals surface area contributed by atoms with Gasteiger partial charge in [-0.3, -0.25) is 10.1 Å². The summed E-state index contributed by atoms with van der Waals surface area (Å²) in [6.45, 7) is 1.68. The fraction of sp³-hybridized carbons (Fsp3) is 0.250. The van der Waals surface area contributed by atoms with Crippen molar-refractivity contribution in [3.05, 3.63) is 24.0 Å². The summed E-state index contributed by atoms with van der Waals surface area (Å²) in [6, 6.07) is 3.67. The van der Waals surface area contributed by atoms with Crippen LogP contribution in [-0.2, 0) is 0 Å². The van der Waals surface area contributed by atoms with Crippen LogP contribution in [0.25, 0.3) is 11.0 Å². The number of fused-ring (bicyclic) bond motifs is 1. The van der Waals surface area contributed by atoms with Crippen molar-refractivity contribution in [1.29, 1.82) is 0 Å².